The van der Waals surface area contributed by atoms with E-state index in [9.17, 15) is 0 Å². The van der Waals surface area contributed by atoms with Gasteiger partial charge in [0.1, 0.15) is 12.4 Å². The molecule has 180 valence electrons. The highest BCUT2D eigenvalue weighted by Gasteiger charge is 2.11. The van der Waals surface area contributed by atoms with E-state index >= 15 is 0 Å². The molecule has 0 atom stereocenters. The highest BCUT2D eigenvalue weighted by atomic mass is 32.1. The van der Waals surface area contributed by atoms with Crippen molar-refractivity contribution in [2.45, 2.75) is 26.4 Å². The first kappa shape index (κ1) is 24.3. The highest BCUT2D eigenvalue weighted by Crippen LogP contribution is 2.27. The molecule has 3 aromatic rings. The van der Waals surface area contributed by atoms with E-state index in [4.69, 9.17) is 14.6 Å². The summed E-state index contributed by atoms with van der Waals surface area (Å²) in [6, 6.07) is 10.1. The third-order valence-corrected chi connectivity index (χ3v) is 6.54. The Morgan fingerprint density at radius 1 is 1.18 bits per heavy atom. The van der Waals surface area contributed by atoms with E-state index in [-0.39, 0.29) is 6.61 Å². The number of rotatable bonds is 12. The average Bonchev–Trinajstić information content (AvgIpc) is 3.53. The van der Waals surface area contributed by atoms with Gasteiger partial charge in [-0.15, -0.1) is 11.3 Å². The number of ether oxygens (including phenoxy) is 2. The molecule has 34 heavy (non-hydrogen) atoms. The summed E-state index contributed by atoms with van der Waals surface area (Å²) < 4.78 is 11.6. The van der Waals surface area contributed by atoms with E-state index in [2.05, 4.69) is 44.6 Å². The number of thiophene rings is 1. The number of hydrogen-bond donors (Lipinski definition) is 2. The zero-order chi connectivity index (χ0) is 23.6. The molecule has 1 saturated heterocycles. The Balaban J connectivity index is 1.32. The van der Waals surface area contributed by atoms with Crippen LogP contribution in [0, 0.1) is 6.92 Å². The molecule has 1 aliphatic heterocycles. The fourth-order valence-electron chi connectivity index (χ4n) is 3.85. The fourth-order valence-corrected chi connectivity index (χ4v) is 4.66. The molecule has 3 heterocycles. The molecule has 1 aromatic carbocycles. The fraction of sp³-hybridized carbons (Fsp3) is 0.385. The van der Waals surface area contributed by atoms with Gasteiger partial charge in [0, 0.05) is 34.2 Å². The summed E-state index contributed by atoms with van der Waals surface area (Å²) in [6.45, 7) is 7.18. The maximum absolute atomic E-state index is 8.75. The summed E-state index contributed by atoms with van der Waals surface area (Å²) in [5.74, 6) is 1.47. The Labute approximate surface area is 205 Å². The van der Waals surface area contributed by atoms with Crippen LogP contribution in [-0.2, 0) is 11.3 Å². The molecule has 0 aliphatic carbocycles. The topological polar surface area (TPSA) is 79.7 Å². The standard InChI is InChI=1S/C26H32N4O3S/c1-20-16-22(6-7-25(20)33-15-12-30-10-2-3-11-30)28-26-27-9-8-24(29-26)21-17-23(34-19-21)18-32-14-5-4-13-31/h4-9,16-17,19,31H,2-3,10-15,18H2,1H3,(H,27,28,29)/b5-4+. The number of anilines is 2. The van der Waals surface area contributed by atoms with Crippen molar-refractivity contribution in [3.63, 3.8) is 0 Å². The Morgan fingerprint density at radius 2 is 2.06 bits per heavy atom. The lowest BCUT2D eigenvalue weighted by Gasteiger charge is -2.16. The van der Waals surface area contributed by atoms with E-state index in [0.717, 1.165) is 39.7 Å². The number of benzene rings is 1. The molecular formula is C26H32N4O3S. The summed E-state index contributed by atoms with van der Waals surface area (Å²) in [5, 5.41) is 14.1. The van der Waals surface area contributed by atoms with Crippen molar-refractivity contribution in [2.24, 2.45) is 0 Å². The molecule has 8 heteroatoms. The number of aliphatic hydroxyl groups excluding tert-OH is 1. The van der Waals surface area contributed by atoms with Gasteiger partial charge in [-0.2, -0.15) is 0 Å². The van der Waals surface area contributed by atoms with Gasteiger partial charge < -0.3 is 19.9 Å². The van der Waals surface area contributed by atoms with Crippen LogP contribution >= 0.6 is 11.3 Å². The number of likely N-dealkylation sites (tertiary alicyclic amines) is 1. The predicted octanol–water partition coefficient (Wildman–Crippen LogP) is 4.80. The van der Waals surface area contributed by atoms with Crippen LogP contribution in [0.15, 0.2) is 54.1 Å². The molecule has 0 bridgehead atoms. The van der Waals surface area contributed by atoms with Crippen molar-refractivity contribution in [1.29, 1.82) is 0 Å². The van der Waals surface area contributed by atoms with Gasteiger partial charge in [-0.3, -0.25) is 4.90 Å². The van der Waals surface area contributed by atoms with Gasteiger partial charge in [0.05, 0.1) is 25.5 Å². The zero-order valence-electron chi connectivity index (χ0n) is 19.6. The van der Waals surface area contributed by atoms with Crippen LogP contribution in [0.2, 0.25) is 0 Å². The van der Waals surface area contributed by atoms with Gasteiger partial charge in [-0.25, -0.2) is 9.97 Å². The van der Waals surface area contributed by atoms with E-state index in [1.54, 1.807) is 23.6 Å². The second-order valence-corrected chi connectivity index (χ2v) is 9.23. The molecule has 1 aliphatic rings. The van der Waals surface area contributed by atoms with Crippen molar-refractivity contribution in [1.82, 2.24) is 14.9 Å². The SMILES string of the molecule is Cc1cc(Nc2nccc(-c3csc(COC/C=C/CO)c3)n2)ccc1OCCN1CCCC1. The van der Waals surface area contributed by atoms with Crippen LogP contribution in [0.4, 0.5) is 11.6 Å². The number of hydrogen-bond acceptors (Lipinski definition) is 8. The Bertz CT molecular complexity index is 1080. The first-order valence-electron chi connectivity index (χ1n) is 11.7. The van der Waals surface area contributed by atoms with Gasteiger partial charge >= 0.3 is 0 Å². The third kappa shape index (κ3) is 7.11. The molecule has 0 saturated carbocycles. The molecule has 4 rings (SSSR count). The maximum Gasteiger partial charge on any atom is 0.227 e. The van der Waals surface area contributed by atoms with Crippen molar-refractivity contribution < 1.29 is 14.6 Å². The Kier molecular flexibility index (Phi) is 9.04. The number of nitrogens with one attached hydrogen (secondary N) is 1. The van der Waals surface area contributed by atoms with Gasteiger partial charge in [0.2, 0.25) is 5.95 Å². The normalized spacial score (nSPS) is 14.2. The first-order chi connectivity index (χ1) is 16.7. The third-order valence-electron chi connectivity index (χ3n) is 5.63. The van der Waals surface area contributed by atoms with Crippen molar-refractivity contribution in [2.75, 3.05) is 44.8 Å². The van der Waals surface area contributed by atoms with Gasteiger partial charge in [-0.05, 0) is 68.8 Å². The molecule has 7 nitrogen and oxygen atoms in total. The first-order valence-corrected chi connectivity index (χ1v) is 12.6. The van der Waals surface area contributed by atoms with Crippen molar-refractivity contribution in [3.8, 4) is 17.0 Å². The smallest absolute Gasteiger partial charge is 0.227 e. The summed E-state index contributed by atoms with van der Waals surface area (Å²) >= 11 is 1.64. The lowest BCUT2D eigenvalue weighted by Crippen LogP contribution is -2.25. The number of nitrogens with zero attached hydrogens (tertiary/aromatic N) is 3. The second kappa shape index (κ2) is 12.6. The summed E-state index contributed by atoms with van der Waals surface area (Å²) in [4.78, 5) is 12.6. The van der Waals surface area contributed by atoms with Crippen molar-refractivity contribution >= 4 is 23.0 Å². The lowest BCUT2D eigenvalue weighted by molar-refractivity contribution is 0.150. The van der Waals surface area contributed by atoms with Crippen LogP contribution in [0.3, 0.4) is 0 Å². The largest absolute Gasteiger partial charge is 0.492 e. The van der Waals surface area contributed by atoms with Crippen LogP contribution in [0.1, 0.15) is 23.3 Å². The van der Waals surface area contributed by atoms with E-state index in [1.807, 2.05) is 24.3 Å². The molecule has 0 spiro atoms. The van der Waals surface area contributed by atoms with E-state index in [1.165, 1.54) is 25.9 Å². The highest BCUT2D eigenvalue weighted by molar-refractivity contribution is 7.10. The van der Waals surface area contributed by atoms with Crippen LogP contribution < -0.4 is 10.1 Å². The summed E-state index contributed by atoms with van der Waals surface area (Å²) in [6.07, 6.45) is 7.85. The van der Waals surface area contributed by atoms with Gasteiger partial charge in [0.15, 0.2) is 0 Å². The quantitative estimate of drug-likeness (QED) is 0.285. The molecule has 0 radical (unpaired) electrons. The maximum atomic E-state index is 8.75. The zero-order valence-corrected chi connectivity index (χ0v) is 20.4. The molecule has 2 N–H and O–H groups in total. The minimum absolute atomic E-state index is 0.0347. The van der Waals surface area contributed by atoms with Crippen LogP contribution in [0.25, 0.3) is 11.3 Å². The minimum Gasteiger partial charge on any atom is -0.492 e. The summed E-state index contributed by atoms with van der Waals surface area (Å²) in [7, 11) is 0. The molecule has 0 amide bonds. The average molecular weight is 481 g/mol. The van der Waals surface area contributed by atoms with Crippen LogP contribution in [0.5, 0.6) is 5.75 Å². The lowest BCUT2D eigenvalue weighted by atomic mass is 10.2. The second-order valence-electron chi connectivity index (χ2n) is 8.24. The summed E-state index contributed by atoms with van der Waals surface area (Å²) in [5.41, 5.74) is 3.91. The van der Waals surface area contributed by atoms with Gasteiger partial charge in [0.25, 0.3) is 0 Å². The molecule has 1 fully saturated rings. The van der Waals surface area contributed by atoms with Gasteiger partial charge in [-0.1, -0.05) is 12.2 Å². The van der Waals surface area contributed by atoms with E-state index < -0.39 is 0 Å². The Hall–Kier alpha value is -2.78. The van der Waals surface area contributed by atoms with Crippen LogP contribution in [-0.4, -0.2) is 59.4 Å². The monoisotopic (exact) mass is 480 g/mol. The molecule has 2 aromatic heterocycles. The Morgan fingerprint density at radius 3 is 2.88 bits per heavy atom. The molecule has 0 unspecified atom stereocenters. The molecular weight excluding hydrogens is 448 g/mol. The number of aromatic nitrogens is 2. The van der Waals surface area contributed by atoms with E-state index in [0.29, 0.717) is 25.8 Å². The van der Waals surface area contributed by atoms with Crippen molar-refractivity contribution in [3.05, 3.63) is 64.5 Å². The predicted molar refractivity (Wildman–Crippen MR) is 137 cm³/mol. The minimum atomic E-state index is 0.0347. The number of aliphatic hydroxyl groups is 1. The number of aryl methyl sites for hydroxylation is 1.